The van der Waals surface area contributed by atoms with Crippen LogP contribution in [0.1, 0.15) is 38.8 Å². The summed E-state index contributed by atoms with van der Waals surface area (Å²) in [4.78, 5) is 31.5. The van der Waals surface area contributed by atoms with Gasteiger partial charge in [0.05, 0.1) is 13.2 Å². The van der Waals surface area contributed by atoms with Crippen molar-refractivity contribution in [3.8, 4) is 5.75 Å². The van der Waals surface area contributed by atoms with Crippen LogP contribution in [0.25, 0.3) is 0 Å². The highest BCUT2D eigenvalue weighted by Gasteiger charge is 2.39. The van der Waals surface area contributed by atoms with Gasteiger partial charge in [0.1, 0.15) is 6.67 Å². The van der Waals surface area contributed by atoms with Crippen molar-refractivity contribution in [3.05, 3.63) is 92.9 Å². The first-order valence-corrected chi connectivity index (χ1v) is 10.9. The van der Waals surface area contributed by atoms with E-state index in [2.05, 4.69) is 37.3 Å². The van der Waals surface area contributed by atoms with Crippen LogP contribution in [-0.2, 0) is 10.6 Å². The van der Waals surface area contributed by atoms with Crippen LogP contribution in [0.3, 0.4) is 0 Å². The van der Waals surface area contributed by atoms with Crippen molar-refractivity contribution in [2.45, 2.75) is 23.6 Å². The lowest BCUT2D eigenvalue weighted by Crippen LogP contribution is -2.55. The van der Waals surface area contributed by atoms with Crippen molar-refractivity contribution in [1.82, 2.24) is 9.74 Å². The van der Waals surface area contributed by atoms with Gasteiger partial charge < -0.3 is 5.11 Å². The van der Waals surface area contributed by atoms with Gasteiger partial charge in [-0.15, -0.1) is 11.8 Å². The Kier molecular flexibility index (Phi) is 4.75. The summed E-state index contributed by atoms with van der Waals surface area (Å²) >= 11 is 1.78. The van der Waals surface area contributed by atoms with Gasteiger partial charge in [-0.2, -0.15) is 5.06 Å². The highest BCUT2D eigenvalue weighted by molar-refractivity contribution is 7.98. The molecule has 0 spiro atoms. The number of hydrogen-bond acceptors (Lipinski definition) is 6. The molecule has 0 radical (unpaired) electrons. The summed E-state index contributed by atoms with van der Waals surface area (Å²) in [6.45, 7) is 2.21. The van der Waals surface area contributed by atoms with Crippen molar-refractivity contribution < 1.29 is 14.7 Å². The fraction of sp³-hybridized carbons (Fsp3) is 0.217. The minimum atomic E-state index is -0.606. The van der Waals surface area contributed by atoms with E-state index in [4.69, 9.17) is 4.84 Å². The first-order chi connectivity index (χ1) is 15.0. The number of aromatic hydroxyl groups is 1. The third kappa shape index (κ3) is 3.02. The molecule has 0 fully saturated rings. The molecule has 1 aromatic heterocycles. The van der Waals surface area contributed by atoms with Crippen LogP contribution in [-0.4, -0.2) is 34.5 Å². The Morgan fingerprint density at radius 3 is 2.71 bits per heavy atom. The normalized spacial score (nSPS) is 17.6. The number of thioether (sulfide) groups is 1. The van der Waals surface area contributed by atoms with Gasteiger partial charge in [-0.25, -0.2) is 0 Å². The molecule has 8 heteroatoms. The molecule has 3 heterocycles. The smallest absolute Gasteiger partial charge is 0.301 e. The summed E-state index contributed by atoms with van der Waals surface area (Å²) in [6.07, 6.45) is 1.54. The van der Waals surface area contributed by atoms with Gasteiger partial charge >= 0.3 is 5.91 Å². The average Bonchev–Trinajstić information content (AvgIpc) is 2.94. The standard InChI is InChI=1S/C23H21N3O4S/c1-14-6-5-7-15-12-31-18-9-4-3-8-16(18)20(19(14)15)25-13-26(30-2)23(29)21-22(28)17(27)10-11-24(21)25/h3-11,20,28H,12-13H2,1-2H3/t20-/m1/s1. The Balaban J connectivity index is 1.81. The zero-order valence-corrected chi connectivity index (χ0v) is 17.9. The van der Waals surface area contributed by atoms with E-state index >= 15 is 0 Å². The molecule has 31 heavy (non-hydrogen) atoms. The molecule has 3 aromatic rings. The van der Waals surface area contributed by atoms with Gasteiger partial charge in [0, 0.05) is 22.9 Å². The van der Waals surface area contributed by atoms with Gasteiger partial charge in [-0.1, -0.05) is 36.4 Å². The molecule has 2 aromatic carbocycles. The number of nitrogens with zero attached hydrogens (tertiary/aromatic N) is 3. The second-order valence-corrected chi connectivity index (χ2v) is 8.56. The molecular weight excluding hydrogens is 414 g/mol. The highest BCUT2D eigenvalue weighted by atomic mass is 32.2. The molecule has 0 unspecified atom stereocenters. The summed E-state index contributed by atoms with van der Waals surface area (Å²) < 4.78 is 1.59. The number of amides is 1. The average molecular weight is 436 g/mol. The van der Waals surface area contributed by atoms with Crippen molar-refractivity contribution in [3.63, 3.8) is 0 Å². The number of benzene rings is 2. The number of aromatic nitrogens is 1. The molecule has 0 aliphatic carbocycles. The fourth-order valence-corrected chi connectivity index (χ4v) is 5.46. The first-order valence-electron chi connectivity index (χ1n) is 9.89. The van der Waals surface area contributed by atoms with Crippen LogP contribution in [0.4, 0.5) is 0 Å². The summed E-state index contributed by atoms with van der Waals surface area (Å²) in [7, 11) is 1.40. The van der Waals surface area contributed by atoms with Crippen molar-refractivity contribution in [2.24, 2.45) is 0 Å². The van der Waals surface area contributed by atoms with Gasteiger partial charge in [0.2, 0.25) is 5.43 Å². The molecule has 2 aliphatic heterocycles. The van der Waals surface area contributed by atoms with Crippen LogP contribution in [0.15, 0.2) is 64.4 Å². The van der Waals surface area contributed by atoms with E-state index in [9.17, 15) is 14.7 Å². The summed E-state index contributed by atoms with van der Waals surface area (Å²) in [5.74, 6) is -0.316. The quantitative estimate of drug-likeness (QED) is 0.667. The molecule has 0 saturated carbocycles. The Hall–Kier alpha value is -3.23. The van der Waals surface area contributed by atoms with Crippen LogP contribution < -0.4 is 10.4 Å². The lowest BCUT2D eigenvalue weighted by Gasteiger charge is -2.43. The summed E-state index contributed by atoms with van der Waals surface area (Å²) in [5, 5.41) is 13.6. The third-order valence-corrected chi connectivity index (χ3v) is 6.97. The topological polar surface area (TPSA) is 75.0 Å². The van der Waals surface area contributed by atoms with E-state index in [0.29, 0.717) is 0 Å². The Morgan fingerprint density at radius 1 is 1.10 bits per heavy atom. The zero-order valence-electron chi connectivity index (χ0n) is 17.1. The molecule has 0 saturated heterocycles. The minimum Gasteiger partial charge on any atom is -0.502 e. The van der Waals surface area contributed by atoms with Crippen LogP contribution in [0, 0.1) is 6.92 Å². The number of rotatable bonds is 2. The molecule has 7 nitrogen and oxygen atoms in total. The van der Waals surface area contributed by atoms with Crippen molar-refractivity contribution >= 4 is 17.7 Å². The van der Waals surface area contributed by atoms with Crippen LogP contribution in [0.5, 0.6) is 5.75 Å². The molecular formula is C23H21N3O4S. The van der Waals surface area contributed by atoms with E-state index in [1.807, 2.05) is 17.1 Å². The molecule has 1 atom stereocenters. The molecule has 158 valence electrons. The predicted octanol–water partition coefficient (Wildman–Crippen LogP) is 3.17. The number of carbonyl (C=O) groups excluding carboxylic acids is 1. The van der Waals surface area contributed by atoms with E-state index < -0.39 is 17.1 Å². The Bertz CT molecular complexity index is 1260. The van der Waals surface area contributed by atoms with E-state index in [1.54, 1.807) is 22.6 Å². The molecule has 1 amide bonds. The van der Waals surface area contributed by atoms with Crippen LogP contribution in [0.2, 0.25) is 0 Å². The second kappa shape index (κ2) is 7.47. The SMILES string of the molecule is CON1CN([C@@H]2c3ccccc3SCc3cccc(C)c32)n2ccc(=O)c(O)c2C1=O. The van der Waals surface area contributed by atoms with Crippen molar-refractivity contribution in [1.29, 1.82) is 0 Å². The van der Waals surface area contributed by atoms with Gasteiger partial charge in [-0.3, -0.25) is 24.1 Å². The highest BCUT2D eigenvalue weighted by Crippen LogP contribution is 2.43. The number of aryl methyl sites for hydroxylation is 1. The fourth-order valence-electron chi connectivity index (χ4n) is 4.38. The predicted molar refractivity (Wildman–Crippen MR) is 118 cm³/mol. The summed E-state index contributed by atoms with van der Waals surface area (Å²) in [6, 6.07) is 15.5. The van der Waals surface area contributed by atoms with Gasteiger partial charge in [0.25, 0.3) is 0 Å². The maximum Gasteiger partial charge on any atom is 0.301 e. The number of carbonyl (C=O) groups is 1. The third-order valence-electron chi connectivity index (χ3n) is 5.84. The molecule has 0 bridgehead atoms. The second-order valence-electron chi connectivity index (χ2n) is 7.55. The maximum absolute atomic E-state index is 12.9. The number of hydroxylamine groups is 2. The largest absolute Gasteiger partial charge is 0.502 e. The monoisotopic (exact) mass is 435 g/mol. The first kappa shape index (κ1) is 19.7. The number of hydrogen-bond donors (Lipinski definition) is 1. The Morgan fingerprint density at radius 2 is 1.90 bits per heavy atom. The lowest BCUT2D eigenvalue weighted by atomic mass is 9.91. The Labute approximate surface area is 183 Å². The van der Waals surface area contributed by atoms with E-state index in [-0.39, 0.29) is 18.4 Å². The van der Waals surface area contributed by atoms with Crippen molar-refractivity contribution in [2.75, 3.05) is 18.8 Å². The minimum absolute atomic E-state index is 0.106. The van der Waals surface area contributed by atoms with Gasteiger partial charge in [0.15, 0.2) is 11.4 Å². The summed E-state index contributed by atoms with van der Waals surface area (Å²) in [5.41, 5.74) is 3.87. The zero-order chi connectivity index (χ0) is 21.7. The molecule has 2 aliphatic rings. The van der Waals surface area contributed by atoms with Gasteiger partial charge in [-0.05, 0) is 35.2 Å². The number of pyridine rings is 1. The maximum atomic E-state index is 12.9. The molecule has 1 N–H and O–H groups in total. The van der Waals surface area contributed by atoms with E-state index in [0.717, 1.165) is 32.4 Å². The lowest BCUT2D eigenvalue weighted by molar-refractivity contribution is -0.105. The van der Waals surface area contributed by atoms with Crippen LogP contribution >= 0.6 is 11.8 Å². The number of fused-ring (bicyclic) bond motifs is 3. The van der Waals surface area contributed by atoms with E-state index in [1.165, 1.54) is 18.7 Å². The molecule has 5 rings (SSSR count).